The predicted octanol–water partition coefficient (Wildman–Crippen LogP) is 3.68. The molecule has 1 amide bonds. The molecule has 0 radical (unpaired) electrons. The molecule has 2 aliphatic rings. The fourth-order valence-electron chi connectivity index (χ4n) is 4.52. The Balaban J connectivity index is 1.58. The molecule has 0 aliphatic carbocycles. The van der Waals surface area contributed by atoms with Gasteiger partial charge < -0.3 is 10.0 Å². The van der Waals surface area contributed by atoms with Crippen molar-refractivity contribution in [2.24, 2.45) is 5.92 Å². The van der Waals surface area contributed by atoms with Crippen LogP contribution in [0.15, 0.2) is 66.0 Å². The summed E-state index contributed by atoms with van der Waals surface area (Å²) >= 11 is 1.63. The van der Waals surface area contributed by atoms with Crippen molar-refractivity contribution >= 4 is 28.9 Å². The zero-order valence-corrected chi connectivity index (χ0v) is 17.1. The molecule has 2 fully saturated rings. The quantitative estimate of drug-likeness (QED) is 0.601. The van der Waals surface area contributed by atoms with E-state index in [0.29, 0.717) is 5.69 Å². The van der Waals surface area contributed by atoms with Gasteiger partial charge in [0.1, 0.15) is 6.04 Å². The molecule has 2 saturated heterocycles. The van der Waals surface area contributed by atoms with E-state index < -0.39 is 5.97 Å². The molecule has 0 spiro atoms. The summed E-state index contributed by atoms with van der Waals surface area (Å²) in [5.74, 6) is -0.993. The maximum Gasteiger partial charge on any atom is 0.335 e. The number of carbonyl (C=O) groups is 2. The number of carboxylic acids is 1. The van der Waals surface area contributed by atoms with Crippen LogP contribution >= 0.6 is 11.3 Å². The van der Waals surface area contributed by atoms with E-state index in [0.717, 1.165) is 10.4 Å². The Hall–Kier alpha value is -3.00. The first-order chi connectivity index (χ1) is 14.5. The van der Waals surface area contributed by atoms with E-state index in [4.69, 9.17) is 0 Å². The van der Waals surface area contributed by atoms with Crippen LogP contribution in [-0.4, -0.2) is 23.0 Å². The lowest BCUT2D eigenvalue weighted by Crippen LogP contribution is -2.41. The minimum atomic E-state index is -0.980. The summed E-state index contributed by atoms with van der Waals surface area (Å²) in [4.78, 5) is 27.6. The highest BCUT2D eigenvalue weighted by atomic mass is 32.1. The summed E-state index contributed by atoms with van der Waals surface area (Å²) in [6, 6.07) is 18.5. The van der Waals surface area contributed by atoms with Crippen molar-refractivity contribution in [1.82, 2.24) is 10.9 Å². The summed E-state index contributed by atoms with van der Waals surface area (Å²) in [6.07, 6.45) is 0. The van der Waals surface area contributed by atoms with Crippen molar-refractivity contribution in [2.75, 3.05) is 4.90 Å². The number of aryl methyl sites for hydroxylation is 1. The zero-order valence-electron chi connectivity index (χ0n) is 16.3. The summed E-state index contributed by atoms with van der Waals surface area (Å²) in [7, 11) is 0. The Kier molecular flexibility index (Phi) is 4.66. The number of nitrogens with zero attached hydrogens (tertiary/aromatic N) is 1. The minimum absolute atomic E-state index is 0.00185. The van der Waals surface area contributed by atoms with Crippen LogP contribution in [0.3, 0.4) is 0 Å². The van der Waals surface area contributed by atoms with Gasteiger partial charge in [-0.25, -0.2) is 15.6 Å². The molecule has 0 saturated carbocycles. The minimum Gasteiger partial charge on any atom is -0.478 e. The van der Waals surface area contributed by atoms with Crippen LogP contribution < -0.4 is 15.8 Å². The van der Waals surface area contributed by atoms with Crippen LogP contribution in [-0.2, 0) is 4.79 Å². The van der Waals surface area contributed by atoms with Crippen molar-refractivity contribution in [3.05, 3.63) is 87.6 Å². The van der Waals surface area contributed by atoms with Crippen LogP contribution in [0, 0.1) is 12.8 Å². The number of benzene rings is 2. The Bertz CT molecular complexity index is 1080. The first-order valence-electron chi connectivity index (χ1n) is 9.82. The van der Waals surface area contributed by atoms with Gasteiger partial charge in [0.25, 0.3) is 0 Å². The number of nitrogens with one attached hydrogen (secondary N) is 2. The van der Waals surface area contributed by atoms with E-state index in [2.05, 4.69) is 48.1 Å². The molecule has 5 rings (SSSR count). The van der Waals surface area contributed by atoms with Crippen LogP contribution in [0.1, 0.15) is 38.4 Å². The Morgan fingerprint density at radius 3 is 2.33 bits per heavy atom. The van der Waals surface area contributed by atoms with Crippen molar-refractivity contribution in [3.8, 4) is 0 Å². The van der Waals surface area contributed by atoms with Gasteiger partial charge in [-0.15, -0.1) is 11.3 Å². The van der Waals surface area contributed by atoms with Gasteiger partial charge in [-0.2, -0.15) is 0 Å². The number of carboxylic acid groups (broad SMARTS) is 1. The number of aromatic carboxylic acids is 1. The van der Waals surface area contributed by atoms with Crippen LogP contribution in [0.5, 0.6) is 0 Å². The van der Waals surface area contributed by atoms with Crippen molar-refractivity contribution in [1.29, 1.82) is 0 Å². The third-order valence-corrected chi connectivity index (χ3v) is 6.92. The fraction of sp³-hybridized carbons (Fsp3) is 0.217. The number of rotatable bonds is 4. The highest BCUT2D eigenvalue weighted by molar-refractivity contribution is 7.10. The third-order valence-electron chi connectivity index (χ3n) is 5.97. The summed E-state index contributed by atoms with van der Waals surface area (Å²) in [6.45, 7) is 2.06. The largest absolute Gasteiger partial charge is 0.478 e. The topological polar surface area (TPSA) is 81.7 Å². The van der Waals surface area contributed by atoms with Crippen molar-refractivity contribution < 1.29 is 14.7 Å². The Morgan fingerprint density at radius 1 is 1.00 bits per heavy atom. The number of amides is 1. The number of hydrogen-bond acceptors (Lipinski definition) is 5. The molecule has 2 aliphatic heterocycles. The van der Waals surface area contributed by atoms with E-state index in [1.807, 2.05) is 16.3 Å². The number of hydrogen-bond donors (Lipinski definition) is 3. The molecule has 6 nitrogen and oxygen atoms in total. The maximum absolute atomic E-state index is 13.5. The van der Waals surface area contributed by atoms with E-state index in [1.54, 1.807) is 35.6 Å². The van der Waals surface area contributed by atoms with Gasteiger partial charge in [0.05, 0.1) is 17.6 Å². The molecular formula is C23H21N3O3S. The smallest absolute Gasteiger partial charge is 0.335 e. The van der Waals surface area contributed by atoms with Crippen LogP contribution in [0.25, 0.3) is 0 Å². The second-order valence-electron chi connectivity index (χ2n) is 7.75. The lowest BCUT2D eigenvalue weighted by atomic mass is 9.85. The summed E-state index contributed by atoms with van der Waals surface area (Å²) < 4.78 is 0. The molecule has 30 heavy (non-hydrogen) atoms. The first-order valence-corrected chi connectivity index (χ1v) is 10.7. The van der Waals surface area contributed by atoms with E-state index in [1.165, 1.54) is 5.56 Å². The van der Waals surface area contributed by atoms with Gasteiger partial charge >= 0.3 is 5.97 Å². The number of anilines is 1. The highest BCUT2D eigenvalue weighted by Gasteiger charge is 2.56. The normalized spacial score (nSPS) is 25.5. The van der Waals surface area contributed by atoms with Gasteiger partial charge in [-0.1, -0.05) is 35.9 Å². The number of hydrazine groups is 1. The molecule has 152 valence electrons. The molecule has 4 unspecified atom stereocenters. The summed E-state index contributed by atoms with van der Waals surface area (Å²) in [5.41, 5.74) is 9.81. The van der Waals surface area contributed by atoms with Crippen molar-refractivity contribution in [3.63, 3.8) is 0 Å². The highest BCUT2D eigenvalue weighted by Crippen LogP contribution is 2.49. The lowest BCUT2D eigenvalue weighted by molar-refractivity contribution is -0.119. The third kappa shape index (κ3) is 3.02. The molecule has 1 aromatic heterocycles. The second-order valence-corrected chi connectivity index (χ2v) is 8.73. The zero-order chi connectivity index (χ0) is 20.8. The van der Waals surface area contributed by atoms with Gasteiger partial charge in [0, 0.05) is 16.5 Å². The van der Waals surface area contributed by atoms with Gasteiger partial charge in [-0.05, 0) is 48.2 Å². The number of carbonyl (C=O) groups excluding carboxylic acids is 1. The average molecular weight is 420 g/mol. The van der Waals surface area contributed by atoms with Gasteiger partial charge in [-0.3, -0.25) is 4.79 Å². The number of fused-ring (bicyclic) bond motifs is 1. The van der Waals surface area contributed by atoms with Gasteiger partial charge in [0.2, 0.25) is 5.91 Å². The molecule has 3 heterocycles. The van der Waals surface area contributed by atoms with Crippen LogP contribution in [0.2, 0.25) is 0 Å². The van der Waals surface area contributed by atoms with Crippen LogP contribution in [0.4, 0.5) is 5.69 Å². The molecule has 0 bridgehead atoms. The molecular weight excluding hydrogens is 398 g/mol. The standard InChI is InChI=1S/C23H21N3O3S/c1-13-4-6-14(7-5-13)19-18-20(25-24-19)22(27)26(21(18)17-3-2-12-30-17)16-10-8-15(9-11-16)23(28)29/h2-12,18-21,24-25H,1H3,(H,28,29). The predicted molar refractivity (Wildman–Crippen MR) is 115 cm³/mol. The first kappa shape index (κ1) is 19.0. The van der Waals surface area contributed by atoms with E-state index in [9.17, 15) is 14.7 Å². The Labute approximate surface area is 178 Å². The SMILES string of the molecule is Cc1ccc(C2NNC3C(=O)N(c4ccc(C(=O)O)cc4)C(c4cccs4)C32)cc1. The lowest BCUT2D eigenvalue weighted by Gasteiger charge is -2.30. The molecule has 7 heteroatoms. The van der Waals surface area contributed by atoms with E-state index in [-0.39, 0.29) is 35.5 Å². The molecule has 4 atom stereocenters. The monoisotopic (exact) mass is 419 g/mol. The van der Waals surface area contributed by atoms with Gasteiger partial charge in [0.15, 0.2) is 0 Å². The maximum atomic E-state index is 13.5. The second kappa shape index (κ2) is 7.36. The fourth-order valence-corrected chi connectivity index (χ4v) is 5.40. The summed E-state index contributed by atoms with van der Waals surface area (Å²) in [5, 5.41) is 11.2. The average Bonchev–Trinajstić information content (AvgIpc) is 3.47. The Morgan fingerprint density at radius 2 is 1.70 bits per heavy atom. The molecule has 3 aromatic rings. The molecule has 3 N–H and O–H groups in total. The number of thiophene rings is 1. The van der Waals surface area contributed by atoms with Crippen molar-refractivity contribution in [2.45, 2.75) is 25.0 Å². The van der Waals surface area contributed by atoms with E-state index >= 15 is 0 Å². The molecule has 2 aromatic carbocycles.